The number of hydrazone groups is 1. The summed E-state index contributed by atoms with van der Waals surface area (Å²) < 4.78 is 5.33. The highest BCUT2D eigenvalue weighted by molar-refractivity contribution is 6.32. The van der Waals surface area contributed by atoms with Crippen LogP contribution in [0.2, 0.25) is 5.02 Å². The minimum Gasteiger partial charge on any atom is -0.503 e. The average Bonchev–Trinajstić information content (AvgIpc) is 2.91. The fraction of sp³-hybridized carbons (Fsp3) is 0.421. The van der Waals surface area contributed by atoms with E-state index < -0.39 is 0 Å². The average molecular weight is 375 g/mol. The second kappa shape index (κ2) is 6.43. The molecule has 26 heavy (non-hydrogen) atoms. The number of carbonyl (C=O) groups excluding carboxylic acids is 2. The molecule has 1 N–H and O–H groups in total. The van der Waals surface area contributed by atoms with E-state index in [1.54, 1.807) is 13.0 Å². The molecule has 4 atom stereocenters. The van der Waals surface area contributed by atoms with E-state index in [0.29, 0.717) is 12.2 Å². The first-order valence-electron chi connectivity index (χ1n) is 8.76. The van der Waals surface area contributed by atoms with Crippen molar-refractivity contribution in [3.63, 3.8) is 0 Å². The first kappa shape index (κ1) is 17.1. The molecule has 6 nitrogen and oxygen atoms in total. The van der Waals surface area contributed by atoms with Gasteiger partial charge in [0.15, 0.2) is 11.5 Å². The van der Waals surface area contributed by atoms with E-state index in [2.05, 4.69) is 17.3 Å². The molecular formula is C19H19ClN2O4. The van der Waals surface area contributed by atoms with Crippen molar-refractivity contribution >= 4 is 29.6 Å². The fourth-order valence-corrected chi connectivity index (χ4v) is 4.45. The number of carbonyl (C=O) groups is 2. The van der Waals surface area contributed by atoms with Gasteiger partial charge in [-0.2, -0.15) is 10.1 Å². The zero-order chi connectivity index (χ0) is 18.4. The molecule has 2 fully saturated rings. The van der Waals surface area contributed by atoms with Gasteiger partial charge in [-0.3, -0.25) is 9.59 Å². The lowest BCUT2D eigenvalue weighted by Crippen LogP contribution is -2.38. The van der Waals surface area contributed by atoms with Crippen LogP contribution in [0.5, 0.6) is 11.5 Å². The van der Waals surface area contributed by atoms with E-state index in [4.69, 9.17) is 16.3 Å². The van der Waals surface area contributed by atoms with Gasteiger partial charge in [0.25, 0.3) is 11.8 Å². The number of halogens is 1. The summed E-state index contributed by atoms with van der Waals surface area (Å²) in [6.07, 6.45) is 7.44. The number of phenols is 1. The van der Waals surface area contributed by atoms with Gasteiger partial charge in [-0.1, -0.05) is 23.8 Å². The van der Waals surface area contributed by atoms with Crippen LogP contribution in [0.15, 0.2) is 29.4 Å². The van der Waals surface area contributed by atoms with Crippen LogP contribution in [0.1, 0.15) is 25.3 Å². The minimum atomic E-state index is -0.286. The molecule has 1 aliphatic heterocycles. The van der Waals surface area contributed by atoms with Crippen molar-refractivity contribution in [3.8, 4) is 11.5 Å². The smallest absolute Gasteiger partial charge is 0.254 e. The molecule has 1 aromatic rings. The number of rotatable bonds is 4. The van der Waals surface area contributed by atoms with E-state index in [1.165, 1.54) is 12.3 Å². The summed E-state index contributed by atoms with van der Waals surface area (Å²) in [4.78, 5) is 25.4. The Bertz CT molecular complexity index is 803. The SMILES string of the molecule is CCOc1cc(/C=N\N2C(=O)[C@@H]3[C@@H](C2=O)[C@H]2C=C[C@H]3CC2)cc(Cl)c1O. The number of phenolic OH excluding ortho intramolecular Hbond substituents is 1. The molecule has 1 saturated carbocycles. The third kappa shape index (κ3) is 2.60. The lowest BCUT2D eigenvalue weighted by atomic mass is 9.63. The van der Waals surface area contributed by atoms with Gasteiger partial charge >= 0.3 is 0 Å². The van der Waals surface area contributed by atoms with E-state index in [0.717, 1.165) is 17.9 Å². The van der Waals surface area contributed by atoms with Crippen molar-refractivity contribution < 1.29 is 19.4 Å². The first-order chi connectivity index (χ1) is 12.5. The molecule has 136 valence electrons. The highest BCUT2D eigenvalue weighted by Gasteiger charge is 2.56. The van der Waals surface area contributed by atoms with E-state index in [9.17, 15) is 14.7 Å². The lowest BCUT2D eigenvalue weighted by Gasteiger charge is -2.37. The van der Waals surface area contributed by atoms with Crippen LogP contribution < -0.4 is 4.74 Å². The normalized spacial score (nSPS) is 29.7. The fourth-order valence-electron chi connectivity index (χ4n) is 4.23. The maximum Gasteiger partial charge on any atom is 0.254 e. The van der Waals surface area contributed by atoms with Crippen LogP contribution in [0, 0.1) is 23.7 Å². The number of nitrogens with zero attached hydrogens (tertiary/aromatic N) is 2. The monoisotopic (exact) mass is 374 g/mol. The van der Waals surface area contributed by atoms with Gasteiger partial charge in [0.05, 0.1) is 29.7 Å². The molecule has 3 aliphatic carbocycles. The second-order valence-electron chi connectivity index (χ2n) is 6.86. The molecule has 1 aromatic carbocycles. The van der Waals surface area contributed by atoms with Crippen molar-refractivity contribution in [1.82, 2.24) is 5.01 Å². The van der Waals surface area contributed by atoms with Crippen LogP contribution in [0.25, 0.3) is 0 Å². The standard InChI is InChI=1S/C19H19ClN2O4/c1-2-26-14-8-10(7-13(20)17(14)23)9-21-22-18(24)15-11-3-4-12(6-5-11)16(15)19(22)25/h3-4,7-9,11-12,15-16,23H,2,5-6H2,1H3/b21-9-/t11-,12-,15-,16-/m0/s1. The highest BCUT2D eigenvalue weighted by atomic mass is 35.5. The molecule has 1 heterocycles. The van der Waals surface area contributed by atoms with Crippen molar-refractivity contribution in [1.29, 1.82) is 0 Å². The largest absolute Gasteiger partial charge is 0.503 e. The molecule has 0 aromatic heterocycles. The second-order valence-corrected chi connectivity index (χ2v) is 7.26. The molecule has 1 saturated heterocycles. The zero-order valence-corrected chi connectivity index (χ0v) is 15.0. The molecular weight excluding hydrogens is 356 g/mol. The summed E-state index contributed by atoms with van der Waals surface area (Å²) in [5, 5.41) is 15.1. The summed E-state index contributed by atoms with van der Waals surface area (Å²) >= 11 is 6.01. The molecule has 0 spiro atoms. The quantitative estimate of drug-likeness (QED) is 0.499. The number of fused-ring (bicyclic) bond motifs is 1. The molecule has 2 bridgehead atoms. The molecule has 4 aliphatic rings. The summed E-state index contributed by atoms with van der Waals surface area (Å²) in [6, 6.07) is 3.07. The molecule has 2 amide bonds. The van der Waals surface area contributed by atoms with Crippen molar-refractivity contribution in [3.05, 3.63) is 34.9 Å². The van der Waals surface area contributed by atoms with E-state index in [1.807, 2.05) is 0 Å². The van der Waals surface area contributed by atoms with Crippen molar-refractivity contribution in [2.45, 2.75) is 19.8 Å². The Morgan fingerprint density at radius 1 is 1.23 bits per heavy atom. The molecule has 7 heteroatoms. The first-order valence-corrected chi connectivity index (χ1v) is 9.14. The van der Waals surface area contributed by atoms with Crippen LogP contribution in [0.3, 0.4) is 0 Å². The summed E-state index contributed by atoms with van der Waals surface area (Å²) in [5.41, 5.74) is 0.535. The van der Waals surface area contributed by atoms with E-state index in [-0.39, 0.29) is 52.0 Å². The number of benzene rings is 1. The molecule has 0 radical (unpaired) electrons. The minimum absolute atomic E-state index is 0.118. The number of amides is 2. The van der Waals surface area contributed by atoms with Crippen molar-refractivity contribution in [2.75, 3.05) is 6.61 Å². The number of hydrogen-bond acceptors (Lipinski definition) is 5. The predicted molar refractivity (Wildman–Crippen MR) is 96.1 cm³/mol. The Hall–Kier alpha value is -2.34. The van der Waals surface area contributed by atoms with Crippen LogP contribution >= 0.6 is 11.6 Å². The number of imide groups is 1. The lowest BCUT2D eigenvalue weighted by molar-refractivity contribution is -0.140. The Labute approximate surface area is 156 Å². The molecule has 5 rings (SSSR count). The zero-order valence-electron chi connectivity index (χ0n) is 14.3. The van der Waals surface area contributed by atoms with Crippen LogP contribution in [-0.2, 0) is 9.59 Å². The van der Waals surface area contributed by atoms with Gasteiger partial charge in [0, 0.05) is 0 Å². The topological polar surface area (TPSA) is 79.2 Å². The Morgan fingerprint density at radius 3 is 2.38 bits per heavy atom. The summed E-state index contributed by atoms with van der Waals surface area (Å²) in [7, 11) is 0. The predicted octanol–water partition coefficient (Wildman–Crippen LogP) is 2.98. The van der Waals surface area contributed by atoms with Crippen molar-refractivity contribution in [2.24, 2.45) is 28.8 Å². The third-order valence-electron chi connectivity index (χ3n) is 5.41. The molecule has 0 unspecified atom stereocenters. The maximum absolute atomic E-state index is 12.7. The number of hydrogen-bond donors (Lipinski definition) is 1. The van der Waals surface area contributed by atoms with Gasteiger partial charge in [-0.05, 0) is 49.3 Å². The van der Waals surface area contributed by atoms with Gasteiger partial charge < -0.3 is 9.84 Å². The summed E-state index contributed by atoms with van der Waals surface area (Å²) in [6.45, 7) is 2.16. The van der Waals surface area contributed by atoms with Gasteiger partial charge in [-0.25, -0.2) is 0 Å². The highest BCUT2D eigenvalue weighted by Crippen LogP contribution is 2.49. The maximum atomic E-state index is 12.7. The van der Waals surface area contributed by atoms with E-state index >= 15 is 0 Å². The Balaban J connectivity index is 1.60. The van der Waals surface area contributed by atoms with Crippen LogP contribution in [0.4, 0.5) is 0 Å². The number of allylic oxidation sites excluding steroid dienone is 2. The Morgan fingerprint density at radius 2 is 1.85 bits per heavy atom. The van der Waals surface area contributed by atoms with Gasteiger partial charge in [-0.15, -0.1) is 0 Å². The Kier molecular flexibility index (Phi) is 4.23. The summed E-state index contributed by atoms with van der Waals surface area (Å²) in [5.74, 6) is -0.681. The number of ether oxygens (including phenoxy) is 1. The third-order valence-corrected chi connectivity index (χ3v) is 5.70. The van der Waals surface area contributed by atoms with Gasteiger partial charge in [0.2, 0.25) is 0 Å². The number of aromatic hydroxyl groups is 1. The van der Waals surface area contributed by atoms with Crippen LogP contribution in [-0.4, -0.2) is 34.8 Å². The van der Waals surface area contributed by atoms with Gasteiger partial charge in [0.1, 0.15) is 0 Å².